The van der Waals surface area contributed by atoms with Crippen LogP contribution in [0.2, 0.25) is 0 Å². The predicted molar refractivity (Wildman–Crippen MR) is 479 cm³/mol. The number of aryl methyl sites for hydroxylation is 4. The first-order valence-corrected chi connectivity index (χ1v) is 40.8. The Morgan fingerprint density at radius 3 is 0.537 bits per heavy atom. The molecule has 10 aromatic carbocycles. The molecule has 4 heteroatoms. The number of rotatable bonds is 8. The highest BCUT2D eigenvalue weighted by Crippen LogP contribution is 2.48. The van der Waals surface area contributed by atoms with E-state index in [4.69, 9.17) is 0 Å². The van der Waals surface area contributed by atoms with Gasteiger partial charge in [0.25, 0.3) is 0 Å². The van der Waals surface area contributed by atoms with Crippen LogP contribution in [-0.4, -0.2) is 13.4 Å². The zero-order valence-electron chi connectivity index (χ0n) is 75.3. The molecule has 0 N–H and O–H groups in total. The zero-order valence-corrected chi connectivity index (χ0v) is 75.3. The number of halogens is 2. The Morgan fingerprint density at radius 2 is 0.380 bits per heavy atom. The lowest BCUT2D eigenvalue weighted by molar-refractivity contribution is 0.550. The van der Waals surface area contributed by atoms with Crippen LogP contribution in [0, 0.1) is 39.3 Å². The van der Waals surface area contributed by atoms with Gasteiger partial charge < -0.3 is 0 Å². The van der Waals surface area contributed by atoms with Gasteiger partial charge in [-0.1, -0.05) is 367 Å². The molecule has 0 amide bonds. The Balaban J connectivity index is 1.67. The fraction of sp³-hybridized carbons (Fsp3) is 0.500. The van der Waals surface area contributed by atoms with Crippen molar-refractivity contribution in [2.24, 2.45) is 0 Å². The molecule has 10 rings (SSSR count). The van der Waals surface area contributed by atoms with Crippen LogP contribution < -0.4 is 32.8 Å². The SMILES string of the molecule is Cc1cc(F)cc(C)c1-c1cc(B(c2c(C(C)(C)C)cc(C(C)(C)C)cc2C(C)(C)C)c2c(C(C)(C)C)cc(C(C)(C)C)cc2C(C)(C)C)c2ccc3c(-c4c(C)cc(F)cc4C)cc(B(c4c(C(C)(C)C)cc(C(C)(C)C)cc4C(C)(C)C)c4c(C(C)(C)C)cc(C(C)(C)C)cc4C(C)(C)C)c4ccc1c2c43. The quantitative estimate of drug-likeness (QED) is 0.105. The molecule has 0 bridgehead atoms. The summed E-state index contributed by atoms with van der Waals surface area (Å²) in [7, 11) is 0. The van der Waals surface area contributed by atoms with E-state index in [1.807, 2.05) is 0 Å². The van der Waals surface area contributed by atoms with Gasteiger partial charge >= 0.3 is 0 Å². The monoisotopic (exact) mass is 1450 g/mol. The summed E-state index contributed by atoms with van der Waals surface area (Å²) in [5.74, 6) is -0.469. The van der Waals surface area contributed by atoms with Crippen LogP contribution in [0.4, 0.5) is 8.78 Å². The van der Waals surface area contributed by atoms with Crippen molar-refractivity contribution in [3.8, 4) is 22.3 Å². The Bertz CT molecular complexity index is 4480. The van der Waals surface area contributed by atoms with Crippen LogP contribution in [0.3, 0.4) is 0 Å². The summed E-state index contributed by atoms with van der Waals surface area (Å²) >= 11 is 0. The zero-order chi connectivity index (χ0) is 81.5. The third kappa shape index (κ3) is 15.7. The molecule has 0 fully saturated rings. The highest BCUT2D eigenvalue weighted by Gasteiger charge is 2.46. The molecule has 0 atom stereocenters. The van der Waals surface area contributed by atoms with E-state index in [1.54, 1.807) is 24.3 Å². The number of hydrogen-bond acceptors (Lipinski definition) is 0. The standard InChI is InChI=1S/C104H138B2F2/c1-59-45-67(107)46-60(2)85(59)73-57-83(105(89-75(97(17,18)19)49-63(93(5,6)7)50-76(89)98(20,21)22)90-77(99(23,24)25)51-64(94(8,9)10)52-78(90)100(26,27)28)71-44-42-70-74(86-61(3)47-68(108)48-62(86)4)58-84(72-43-41-69(73)87(71)88(70)72)106(91-79(101(29,30)31)53-65(95(11,12)13)54-80(91)102(32,33)34)92-81(103(35,36)37)55-66(96(14,15)16)56-82(92)104(38,39)40/h41-58H,1-40H3. The molecule has 574 valence electrons. The highest BCUT2D eigenvalue weighted by molar-refractivity contribution is 6.99. The van der Waals surface area contributed by atoms with Gasteiger partial charge in [-0.05, 0) is 261 Å². The normalized spacial score (nSPS) is 13.8. The van der Waals surface area contributed by atoms with Crippen molar-refractivity contribution in [1.29, 1.82) is 0 Å². The van der Waals surface area contributed by atoms with E-state index >= 15 is 8.78 Å². The molecular weight excluding hydrogens is 1310 g/mol. The van der Waals surface area contributed by atoms with Crippen molar-refractivity contribution in [2.45, 2.75) is 342 Å². The topological polar surface area (TPSA) is 0 Å². The second-order valence-corrected chi connectivity index (χ2v) is 45.7. The first-order valence-electron chi connectivity index (χ1n) is 40.8. The van der Waals surface area contributed by atoms with Crippen LogP contribution in [0.25, 0.3) is 54.6 Å². The molecule has 0 nitrogen and oxygen atoms in total. The van der Waals surface area contributed by atoms with Crippen LogP contribution in [0.15, 0.2) is 109 Å². The smallest absolute Gasteiger partial charge is 0.207 e. The molecule has 0 aliphatic heterocycles. The molecular formula is C104H138B2F2. The first kappa shape index (κ1) is 83.7. The van der Waals surface area contributed by atoms with E-state index in [-0.39, 0.29) is 90.0 Å². The van der Waals surface area contributed by atoms with Crippen LogP contribution >= 0.6 is 0 Å². The van der Waals surface area contributed by atoms with Gasteiger partial charge in [-0.15, -0.1) is 0 Å². The number of benzene rings is 10. The lowest BCUT2D eigenvalue weighted by atomic mass is 9.30. The maximum Gasteiger partial charge on any atom is 0.243 e. The van der Waals surface area contributed by atoms with Crippen molar-refractivity contribution < 1.29 is 8.78 Å². The third-order valence-electron chi connectivity index (χ3n) is 23.9. The minimum atomic E-state index is -0.340. The second kappa shape index (κ2) is 27.0. The van der Waals surface area contributed by atoms with Gasteiger partial charge in [-0.3, -0.25) is 0 Å². The maximum absolute atomic E-state index is 16.5. The van der Waals surface area contributed by atoms with E-state index < -0.39 is 0 Å². The van der Waals surface area contributed by atoms with Gasteiger partial charge in [0, 0.05) is 0 Å². The molecule has 108 heavy (non-hydrogen) atoms. The molecule has 10 aromatic rings. The minimum Gasteiger partial charge on any atom is -0.207 e. The Morgan fingerprint density at radius 1 is 0.213 bits per heavy atom. The van der Waals surface area contributed by atoms with E-state index in [0.29, 0.717) is 0 Å². The van der Waals surface area contributed by atoms with Crippen molar-refractivity contribution >= 4 is 78.5 Å². The van der Waals surface area contributed by atoms with Gasteiger partial charge in [0.15, 0.2) is 0 Å². The second-order valence-electron chi connectivity index (χ2n) is 45.7. The maximum atomic E-state index is 16.5. The Labute approximate surface area is 657 Å². The Kier molecular flexibility index (Phi) is 20.9. The molecule has 0 radical (unpaired) electrons. The average molecular weight is 1450 g/mol. The third-order valence-corrected chi connectivity index (χ3v) is 23.9. The lowest BCUT2D eigenvalue weighted by Crippen LogP contribution is -2.61. The summed E-state index contributed by atoms with van der Waals surface area (Å²) in [6.45, 7) is 95.0. The van der Waals surface area contributed by atoms with Crippen molar-refractivity contribution in [1.82, 2.24) is 0 Å². The minimum absolute atomic E-state index is 0.159. The first-order chi connectivity index (χ1) is 48.7. The molecule has 0 aromatic heterocycles. The van der Waals surface area contributed by atoms with Crippen molar-refractivity contribution in [3.63, 3.8) is 0 Å². The molecule has 0 saturated carbocycles. The van der Waals surface area contributed by atoms with Crippen molar-refractivity contribution in [2.75, 3.05) is 0 Å². The van der Waals surface area contributed by atoms with E-state index in [2.05, 4.69) is 362 Å². The fourth-order valence-corrected chi connectivity index (χ4v) is 18.1. The molecule has 0 aliphatic rings. The van der Waals surface area contributed by atoms with Crippen LogP contribution in [-0.2, 0) is 65.0 Å². The average Bonchev–Trinajstić information content (AvgIpc) is 0.691. The van der Waals surface area contributed by atoms with Gasteiger partial charge in [-0.2, -0.15) is 0 Å². The van der Waals surface area contributed by atoms with Crippen LogP contribution in [0.5, 0.6) is 0 Å². The van der Waals surface area contributed by atoms with Gasteiger partial charge in [-0.25, -0.2) is 8.78 Å². The predicted octanol–water partition coefficient (Wildman–Crippen LogP) is 26.0. The molecule has 0 unspecified atom stereocenters. The largest absolute Gasteiger partial charge is 0.243 e. The molecule has 0 spiro atoms. The summed E-state index contributed by atoms with van der Waals surface area (Å²) in [6.07, 6.45) is 0. The summed E-state index contributed by atoms with van der Waals surface area (Å²) in [5.41, 5.74) is 28.7. The van der Waals surface area contributed by atoms with Gasteiger partial charge in [0.05, 0.1) is 0 Å². The highest BCUT2D eigenvalue weighted by atomic mass is 19.1. The van der Waals surface area contributed by atoms with Gasteiger partial charge in [0.2, 0.25) is 13.4 Å². The van der Waals surface area contributed by atoms with Gasteiger partial charge in [0.1, 0.15) is 11.6 Å². The summed E-state index contributed by atoms with van der Waals surface area (Å²) < 4.78 is 33.0. The summed E-state index contributed by atoms with van der Waals surface area (Å²) in [5, 5.41) is 7.03. The molecule has 0 saturated heterocycles. The summed E-state index contributed by atoms with van der Waals surface area (Å²) in [6, 6.07) is 43.0. The molecule has 0 heterocycles. The van der Waals surface area contributed by atoms with Crippen molar-refractivity contribution in [3.05, 3.63) is 210 Å². The Hall–Kier alpha value is -6.77. The van der Waals surface area contributed by atoms with E-state index in [9.17, 15) is 0 Å². The number of hydrogen-bond donors (Lipinski definition) is 0. The fourth-order valence-electron chi connectivity index (χ4n) is 18.1. The lowest BCUT2D eigenvalue weighted by Gasteiger charge is -2.41. The molecule has 0 aliphatic carbocycles. The van der Waals surface area contributed by atoms with Crippen LogP contribution in [0.1, 0.15) is 338 Å². The van der Waals surface area contributed by atoms with E-state index in [0.717, 1.165) is 55.3 Å². The summed E-state index contributed by atoms with van der Waals surface area (Å²) in [4.78, 5) is 0. The van der Waals surface area contributed by atoms with E-state index in [1.165, 1.54) is 121 Å².